The number of urea groups is 1. The van der Waals surface area contributed by atoms with Crippen molar-refractivity contribution < 1.29 is 14.3 Å². The molecule has 94 valence electrons. The lowest BCUT2D eigenvalue weighted by Gasteiger charge is -2.35. The predicted molar refractivity (Wildman–Crippen MR) is 61.5 cm³/mol. The summed E-state index contributed by atoms with van der Waals surface area (Å²) in [5.41, 5.74) is 0. The highest BCUT2D eigenvalue weighted by atomic mass is 16.5. The summed E-state index contributed by atoms with van der Waals surface area (Å²) in [4.78, 5) is 13.7. The van der Waals surface area contributed by atoms with E-state index in [9.17, 15) is 4.79 Å². The van der Waals surface area contributed by atoms with Crippen molar-refractivity contribution in [3.05, 3.63) is 0 Å². The van der Waals surface area contributed by atoms with Gasteiger partial charge in [-0.2, -0.15) is 0 Å². The van der Waals surface area contributed by atoms with Gasteiger partial charge in [-0.3, -0.25) is 0 Å². The maximum atomic E-state index is 11.9. The highest BCUT2D eigenvalue weighted by molar-refractivity contribution is 5.74. The van der Waals surface area contributed by atoms with Gasteiger partial charge in [0.1, 0.15) is 0 Å². The number of rotatable bonds is 3. The number of nitrogens with one attached hydrogen (secondary N) is 1. The van der Waals surface area contributed by atoms with E-state index in [2.05, 4.69) is 5.32 Å². The van der Waals surface area contributed by atoms with Gasteiger partial charge in [0.2, 0.25) is 0 Å². The topological polar surface area (TPSA) is 50.8 Å². The van der Waals surface area contributed by atoms with Crippen LogP contribution in [0.1, 0.15) is 20.8 Å². The van der Waals surface area contributed by atoms with Gasteiger partial charge in [-0.25, -0.2) is 4.79 Å². The zero-order valence-electron chi connectivity index (χ0n) is 10.5. The van der Waals surface area contributed by atoms with E-state index in [0.717, 1.165) is 0 Å². The first-order chi connectivity index (χ1) is 7.52. The van der Waals surface area contributed by atoms with Crippen LogP contribution in [0.2, 0.25) is 0 Å². The molecule has 1 aliphatic heterocycles. The van der Waals surface area contributed by atoms with Crippen molar-refractivity contribution in [1.29, 1.82) is 0 Å². The molecule has 1 N–H and O–H groups in total. The number of hydrogen-bond acceptors (Lipinski definition) is 3. The van der Waals surface area contributed by atoms with E-state index >= 15 is 0 Å². The van der Waals surface area contributed by atoms with E-state index in [1.807, 2.05) is 20.8 Å². The maximum absolute atomic E-state index is 11.9. The first-order valence-electron chi connectivity index (χ1n) is 5.72. The Morgan fingerprint density at radius 1 is 1.50 bits per heavy atom. The molecule has 16 heavy (non-hydrogen) atoms. The molecule has 3 atom stereocenters. The smallest absolute Gasteiger partial charge is 0.317 e. The molecule has 0 radical (unpaired) electrons. The quantitative estimate of drug-likeness (QED) is 0.781. The van der Waals surface area contributed by atoms with E-state index in [4.69, 9.17) is 9.47 Å². The average molecular weight is 230 g/mol. The molecule has 0 spiro atoms. The molecule has 1 saturated heterocycles. The molecule has 5 nitrogen and oxygen atoms in total. The minimum absolute atomic E-state index is 0.0333. The summed E-state index contributed by atoms with van der Waals surface area (Å²) in [6.07, 6.45) is 0.208. The molecule has 1 rings (SSSR count). The summed E-state index contributed by atoms with van der Waals surface area (Å²) < 4.78 is 10.5. The number of nitrogens with zero attached hydrogens (tertiary/aromatic N) is 1. The van der Waals surface area contributed by atoms with Crippen molar-refractivity contribution in [1.82, 2.24) is 10.2 Å². The molecule has 0 aromatic rings. The van der Waals surface area contributed by atoms with E-state index in [0.29, 0.717) is 19.7 Å². The SMILES string of the molecule is COCC(C)NC(=O)N1CC(C)OC(C)C1. The van der Waals surface area contributed by atoms with E-state index in [1.54, 1.807) is 12.0 Å². The van der Waals surface area contributed by atoms with Crippen molar-refractivity contribution in [3.63, 3.8) is 0 Å². The second-order valence-electron chi connectivity index (χ2n) is 4.47. The molecular weight excluding hydrogens is 208 g/mol. The van der Waals surface area contributed by atoms with E-state index in [1.165, 1.54) is 0 Å². The number of carbonyl (C=O) groups excluding carboxylic acids is 1. The number of hydrogen-bond donors (Lipinski definition) is 1. The third-order valence-corrected chi connectivity index (χ3v) is 2.49. The number of methoxy groups -OCH3 is 1. The molecule has 2 amide bonds. The lowest BCUT2D eigenvalue weighted by atomic mass is 10.2. The minimum atomic E-state index is -0.0356. The van der Waals surface area contributed by atoms with Gasteiger partial charge < -0.3 is 19.7 Å². The second-order valence-corrected chi connectivity index (χ2v) is 4.47. The van der Waals surface area contributed by atoms with Crippen molar-refractivity contribution in [3.8, 4) is 0 Å². The minimum Gasteiger partial charge on any atom is -0.383 e. The molecule has 1 aliphatic rings. The van der Waals surface area contributed by atoms with Gasteiger partial charge in [0, 0.05) is 20.2 Å². The fourth-order valence-corrected chi connectivity index (χ4v) is 1.94. The summed E-state index contributed by atoms with van der Waals surface area (Å²) >= 11 is 0. The van der Waals surface area contributed by atoms with Crippen molar-refractivity contribution in [2.75, 3.05) is 26.8 Å². The van der Waals surface area contributed by atoms with Crippen LogP contribution < -0.4 is 5.32 Å². The van der Waals surface area contributed by atoms with Crippen molar-refractivity contribution >= 4 is 6.03 Å². The molecule has 5 heteroatoms. The molecule has 0 aromatic carbocycles. The van der Waals surface area contributed by atoms with Crippen LogP contribution in [0.5, 0.6) is 0 Å². The fraction of sp³-hybridized carbons (Fsp3) is 0.909. The molecule has 0 saturated carbocycles. The van der Waals surface area contributed by atoms with Crippen LogP contribution in [0.3, 0.4) is 0 Å². The summed E-state index contributed by atoms with van der Waals surface area (Å²) in [5, 5.41) is 2.90. The normalized spacial score (nSPS) is 27.6. The Labute approximate surface area is 97.1 Å². The highest BCUT2D eigenvalue weighted by Crippen LogP contribution is 2.10. The number of ether oxygens (including phenoxy) is 2. The van der Waals surface area contributed by atoms with E-state index < -0.39 is 0 Å². The Hall–Kier alpha value is -0.810. The van der Waals surface area contributed by atoms with Gasteiger partial charge >= 0.3 is 6.03 Å². The number of morpholine rings is 1. The van der Waals surface area contributed by atoms with Crippen LogP contribution in [0.4, 0.5) is 4.79 Å². The van der Waals surface area contributed by atoms with Crippen molar-refractivity contribution in [2.45, 2.75) is 39.0 Å². The summed E-state index contributed by atoms with van der Waals surface area (Å²) in [6, 6.07) is -0.00231. The van der Waals surface area contributed by atoms with Gasteiger partial charge in [0.05, 0.1) is 24.9 Å². The lowest BCUT2D eigenvalue weighted by molar-refractivity contribution is -0.0548. The van der Waals surface area contributed by atoms with Crippen LogP contribution in [-0.2, 0) is 9.47 Å². The molecule has 3 unspecified atom stereocenters. The largest absolute Gasteiger partial charge is 0.383 e. The average Bonchev–Trinajstić information content (AvgIpc) is 2.16. The molecule has 1 heterocycles. The lowest BCUT2D eigenvalue weighted by Crippen LogP contribution is -2.53. The summed E-state index contributed by atoms with van der Waals surface area (Å²) in [7, 11) is 1.63. The van der Waals surface area contributed by atoms with E-state index in [-0.39, 0.29) is 24.3 Å². The van der Waals surface area contributed by atoms with Crippen LogP contribution in [0.15, 0.2) is 0 Å². The fourth-order valence-electron chi connectivity index (χ4n) is 1.94. The monoisotopic (exact) mass is 230 g/mol. The zero-order valence-corrected chi connectivity index (χ0v) is 10.5. The van der Waals surface area contributed by atoms with Gasteiger partial charge in [0.25, 0.3) is 0 Å². The Kier molecular flexibility index (Phi) is 5.02. The van der Waals surface area contributed by atoms with Crippen LogP contribution in [0, 0.1) is 0 Å². The highest BCUT2D eigenvalue weighted by Gasteiger charge is 2.26. The summed E-state index contributed by atoms with van der Waals surface area (Å²) in [5.74, 6) is 0. The zero-order chi connectivity index (χ0) is 12.1. The van der Waals surface area contributed by atoms with Crippen LogP contribution in [-0.4, -0.2) is 56.0 Å². The molecule has 0 aliphatic carbocycles. The maximum Gasteiger partial charge on any atom is 0.317 e. The molecule has 0 bridgehead atoms. The Morgan fingerprint density at radius 2 is 2.06 bits per heavy atom. The second kappa shape index (κ2) is 6.06. The Bertz CT molecular complexity index is 225. The first kappa shape index (κ1) is 13.3. The van der Waals surface area contributed by atoms with Crippen molar-refractivity contribution in [2.24, 2.45) is 0 Å². The molecule has 0 aromatic heterocycles. The van der Waals surface area contributed by atoms with Gasteiger partial charge in [-0.15, -0.1) is 0 Å². The first-order valence-corrected chi connectivity index (χ1v) is 5.72. The van der Waals surface area contributed by atoms with Crippen LogP contribution in [0.25, 0.3) is 0 Å². The van der Waals surface area contributed by atoms with Gasteiger partial charge in [0.15, 0.2) is 0 Å². The number of amides is 2. The van der Waals surface area contributed by atoms with Crippen LogP contribution >= 0.6 is 0 Å². The Morgan fingerprint density at radius 3 is 2.56 bits per heavy atom. The number of carbonyl (C=O) groups is 1. The van der Waals surface area contributed by atoms with Gasteiger partial charge in [-0.1, -0.05) is 0 Å². The van der Waals surface area contributed by atoms with Gasteiger partial charge in [-0.05, 0) is 20.8 Å². The molecule has 1 fully saturated rings. The molecular formula is C11H22N2O3. The standard InChI is InChI=1S/C11H22N2O3/c1-8(7-15-4)12-11(14)13-5-9(2)16-10(3)6-13/h8-10H,5-7H2,1-4H3,(H,12,14). The Balaban J connectivity index is 2.40. The predicted octanol–water partition coefficient (Wildman–Crippen LogP) is 0.840. The summed E-state index contributed by atoms with van der Waals surface area (Å²) in [6.45, 7) is 7.71. The third kappa shape index (κ3) is 3.98. The third-order valence-electron chi connectivity index (χ3n) is 2.49.